The smallest absolute Gasteiger partial charge is 0.317 e. The van der Waals surface area contributed by atoms with Crippen molar-refractivity contribution in [3.05, 3.63) is 54.1 Å². The first-order valence-electron chi connectivity index (χ1n) is 10.2. The van der Waals surface area contributed by atoms with Crippen LogP contribution in [0.5, 0.6) is 11.5 Å². The minimum absolute atomic E-state index is 0.00452. The second kappa shape index (κ2) is 10.0. The van der Waals surface area contributed by atoms with Crippen molar-refractivity contribution in [3.63, 3.8) is 0 Å². The Kier molecular flexibility index (Phi) is 7.22. The molecule has 156 valence electrons. The number of anilines is 1. The van der Waals surface area contributed by atoms with Crippen LogP contribution >= 0.6 is 0 Å². The topological polar surface area (TPSA) is 54.0 Å². The summed E-state index contributed by atoms with van der Waals surface area (Å²) in [5.74, 6) is 1.75. The van der Waals surface area contributed by atoms with Gasteiger partial charge in [-0.3, -0.25) is 0 Å². The van der Waals surface area contributed by atoms with Crippen LogP contribution in [0.3, 0.4) is 0 Å². The van der Waals surface area contributed by atoms with E-state index in [0.717, 1.165) is 36.7 Å². The van der Waals surface area contributed by atoms with Crippen molar-refractivity contribution >= 4 is 11.7 Å². The fraction of sp³-hybridized carbons (Fsp3) is 0.435. The molecule has 1 aliphatic rings. The van der Waals surface area contributed by atoms with Crippen LogP contribution in [0.1, 0.15) is 19.4 Å². The van der Waals surface area contributed by atoms with Gasteiger partial charge in [-0.1, -0.05) is 24.3 Å². The van der Waals surface area contributed by atoms with Gasteiger partial charge >= 0.3 is 6.03 Å². The Morgan fingerprint density at radius 3 is 2.38 bits per heavy atom. The number of amides is 2. The number of carbonyl (C=O) groups is 1. The molecule has 0 unspecified atom stereocenters. The Morgan fingerprint density at radius 2 is 1.72 bits per heavy atom. The van der Waals surface area contributed by atoms with Crippen LogP contribution in [-0.4, -0.2) is 56.9 Å². The lowest BCUT2D eigenvalue weighted by Crippen LogP contribution is -2.52. The first-order valence-corrected chi connectivity index (χ1v) is 10.2. The van der Waals surface area contributed by atoms with Crippen molar-refractivity contribution in [2.75, 3.05) is 44.7 Å². The maximum absolute atomic E-state index is 12.5. The number of carbonyl (C=O) groups excluding carboxylic acids is 1. The highest BCUT2D eigenvalue weighted by molar-refractivity contribution is 5.74. The second-order valence-electron chi connectivity index (χ2n) is 7.44. The highest BCUT2D eigenvalue weighted by Gasteiger charge is 2.22. The zero-order valence-corrected chi connectivity index (χ0v) is 17.6. The quantitative estimate of drug-likeness (QED) is 0.776. The number of benzene rings is 2. The predicted octanol–water partition coefficient (Wildman–Crippen LogP) is 3.56. The van der Waals surface area contributed by atoms with Crippen molar-refractivity contribution in [2.24, 2.45) is 0 Å². The number of methoxy groups -OCH3 is 1. The Balaban J connectivity index is 1.46. The molecule has 0 aromatic heterocycles. The van der Waals surface area contributed by atoms with Gasteiger partial charge in [-0.25, -0.2) is 4.79 Å². The fourth-order valence-corrected chi connectivity index (χ4v) is 3.44. The molecule has 0 saturated carbocycles. The third-order valence-electron chi connectivity index (χ3n) is 4.98. The van der Waals surface area contributed by atoms with Gasteiger partial charge in [0, 0.05) is 32.7 Å². The maximum Gasteiger partial charge on any atom is 0.317 e. The van der Waals surface area contributed by atoms with Crippen LogP contribution in [0, 0.1) is 0 Å². The number of ether oxygens (including phenoxy) is 2. The molecular formula is C23H31N3O3. The normalized spacial score (nSPS) is 14.1. The molecule has 1 fully saturated rings. The summed E-state index contributed by atoms with van der Waals surface area (Å²) in [4.78, 5) is 16.7. The molecule has 29 heavy (non-hydrogen) atoms. The standard InChI is InChI=1S/C23H31N3O3/c1-18(2)29-22-7-5-4-6-21(22)25-14-16-26(17-15-25)23(27)24-13-12-19-8-10-20(28-3)11-9-19/h4-11,18H,12-17H2,1-3H3,(H,24,27). The van der Waals surface area contributed by atoms with Gasteiger partial charge in [-0.2, -0.15) is 0 Å². The van der Waals surface area contributed by atoms with Gasteiger partial charge in [0.25, 0.3) is 0 Å². The molecule has 2 amide bonds. The minimum atomic E-state index is 0.00452. The van der Waals surface area contributed by atoms with Gasteiger partial charge in [0.2, 0.25) is 0 Å². The lowest BCUT2D eigenvalue weighted by atomic mass is 10.1. The molecule has 2 aromatic rings. The van der Waals surface area contributed by atoms with Gasteiger partial charge in [0.05, 0.1) is 18.9 Å². The number of para-hydroxylation sites is 2. The molecule has 6 nitrogen and oxygen atoms in total. The number of urea groups is 1. The van der Waals surface area contributed by atoms with E-state index in [-0.39, 0.29) is 12.1 Å². The molecule has 0 radical (unpaired) electrons. The molecule has 3 rings (SSSR count). The molecular weight excluding hydrogens is 366 g/mol. The average molecular weight is 398 g/mol. The third kappa shape index (κ3) is 5.79. The van der Waals surface area contributed by atoms with Gasteiger partial charge in [0.1, 0.15) is 11.5 Å². The van der Waals surface area contributed by atoms with Gasteiger partial charge in [0.15, 0.2) is 0 Å². The maximum atomic E-state index is 12.5. The Hall–Kier alpha value is -2.89. The van der Waals surface area contributed by atoms with Crippen LogP contribution in [0.25, 0.3) is 0 Å². The van der Waals surface area contributed by atoms with Crippen molar-refractivity contribution in [3.8, 4) is 11.5 Å². The second-order valence-corrected chi connectivity index (χ2v) is 7.44. The summed E-state index contributed by atoms with van der Waals surface area (Å²) in [6.45, 7) is 7.68. The lowest BCUT2D eigenvalue weighted by molar-refractivity contribution is 0.194. The van der Waals surface area contributed by atoms with Crippen LogP contribution in [0.4, 0.5) is 10.5 Å². The van der Waals surface area contributed by atoms with Crippen LogP contribution in [0.15, 0.2) is 48.5 Å². The Morgan fingerprint density at radius 1 is 1.03 bits per heavy atom. The number of hydrogen-bond donors (Lipinski definition) is 1. The monoisotopic (exact) mass is 397 g/mol. The van der Waals surface area contributed by atoms with Crippen LogP contribution in [-0.2, 0) is 6.42 Å². The summed E-state index contributed by atoms with van der Waals surface area (Å²) >= 11 is 0. The van der Waals surface area contributed by atoms with Gasteiger partial charge < -0.3 is 24.6 Å². The Labute approximate surface area is 173 Å². The van der Waals surface area contributed by atoms with Crippen molar-refractivity contribution < 1.29 is 14.3 Å². The van der Waals surface area contributed by atoms with E-state index in [0.29, 0.717) is 19.6 Å². The Bertz CT molecular complexity index is 784. The van der Waals surface area contributed by atoms with E-state index in [1.54, 1.807) is 7.11 Å². The van der Waals surface area contributed by atoms with E-state index in [1.165, 1.54) is 5.56 Å². The van der Waals surface area contributed by atoms with Crippen molar-refractivity contribution in [1.29, 1.82) is 0 Å². The number of nitrogens with one attached hydrogen (secondary N) is 1. The largest absolute Gasteiger partial charge is 0.497 e. The third-order valence-corrected chi connectivity index (χ3v) is 4.98. The summed E-state index contributed by atoms with van der Waals surface area (Å²) in [5.41, 5.74) is 2.28. The van der Waals surface area contributed by atoms with E-state index in [2.05, 4.69) is 16.3 Å². The van der Waals surface area contributed by atoms with Gasteiger partial charge in [-0.15, -0.1) is 0 Å². The molecule has 1 aliphatic heterocycles. The molecule has 0 bridgehead atoms. The molecule has 2 aromatic carbocycles. The summed E-state index contributed by atoms with van der Waals surface area (Å²) in [6.07, 6.45) is 0.934. The van der Waals surface area contributed by atoms with E-state index >= 15 is 0 Å². The summed E-state index contributed by atoms with van der Waals surface area (Å²) in [7, 11) is 1.66. The molecule has 0 aliphatic carbocycles. The van der Waals surface area contributed by atoms with E-state index in [4.69, 9.17) is 9.47 Å². The van der Waals surface area contributed by atoms with Crippen LogP contribution < -0.4 is 19.7 Å². The highest BCUT2D eigenvalue weighted by atomic mass is 16.5. The predicted molar refractivity (Wildman–Crippen MR) is 116 cm³/mol. The van der Waals surface area contributed by atoms with E-state index in [9.17, 15) is 4.79 Å². The molecule has 1 saturated heterocycles. The SMILES string of the molecule is COc1ccc(CCNC(=O)N2CCN(c3ccccc3OC(C)C)CC2)cc1. The lowest BCUT2D eigenvalue weighted by Gasteiger charge is -2.36. The molecule has 1 heterocycles. The zero-order valence-electron chi connectivity index (χ0n) is 17.6. The minimum Gasteiger partial charge on any atom is -0.497 e. The fourth-order valence-electron chi connectivity index (χ4n) is 3.44. The summed E-state index contributed by atoms with van der Waals surface area (Å²) < 4.78 is 11.1. The summed E-state index contributed by atoms with van der Waals surface area (Å²) in [6, 6.07) is 16.1. The van der Waals surface area contributed by atoms with Crippen LogP contribution in [0.2, 0.25) is 0 Å². The molecule has 0 spiro atoms. The van der Waals surface area contributed by atoms with Crippen molar-refractivity contribution in [1.82, 2.24) is 10.2 Å². The highest BCUT2D eigenvalue weighted by Crippen LogP contribution is 2.29. The van der Waals surface area contributed by atoms with E-state index < -0.39 is 0 Å². The molecule has 0 atom stereocenters. The first kappa shape index (κ1) is 20.8. The average Bonchev–Trinajstić information content (AvgIpc) is 2.74. The number of rotatable bonds is 7. The van der Waals surface area contributed by atoms with E-state index in [1.807, 2.05) is 61.2 Å². The number of nitrogens with zero attached hydrogens (tertiary/aromatic N) is 2. The number of piperazine rings is 1. The van der Waals surface area contributed by atoms with Gasteiger partial charge in [-0.05, 0) is 50.1 Å². The van der Waals surface area contributed by atoms with Crippen molar-refractivity contribution in [2.45, 2.75) is 26.4 Å². The number of hydrogen-bond acceptors (Lipinski definition) is 4. The molecule has 1 N–H and O–H groups in total. The summed E-state index contributed by atoms with van der Waals surface area (Å²) in [5, 5.41) is 3.03. The first-order chi connectivity index (χ1) is 14.1. The zero-order chi connectivity index (χ0) is 20.6. The molecule has 6 heteroatoms.